The van der Waals surface area contributed by atoms with E-state index in [1.165, 1.54) is 44.9 Å². The van der Waals surface area contributed by atoms with Crippen LogP contribution in [0, 0.1) is 5.41 Å². The van der Waals surface area contributed by atoms with Crippen LogP contribution in [-0.4, -0.2) is 11.6 Å². The molecule has 0 aromatic carbocycles. The van der Waals surface area contributed by atoms with Gasteiger partial charge in [-0.15, -0.1) is 0 Å². The molecule has 2 heteroatoms. The van der Waals surface area contributed by atoms with Crippen molar-refractivity contribution < 1.29 is 9.59 Å². The molecule has 0 aromatic rings. The molecule has 0 amide bonds. The van der Waals surface area contributed by atoms with Crippen molar-refractivity contribution in [2.75, 3.05) is 0 Å². The summed E-state index contributed by atoms with van der Waals surface area (Å²) >= 11 is 0. The summed E-state index contributed by atoms with van der Waals surface area (Å²) in [6.07, 6.45) is 13.8. The van der Waals surface area contributed by atoms with E-state index in [4.69, 9.17) is 0 Å². The van der Waals surface area contributed by atoms with E-state index < -0.39 is 5.41 Å². The van der Waals surface area contributed by atoms with Crippen LogP contribution in [0.5, 0.6) is 0 Å². The molecule has 2 nitrogen and oxygen atoms in total. The zero-order valence-electron chi connectivity index (χ0n) is 11.5. The summed E-state index contributed by atoms with van der Waals surface area (Å²) in [7, 11) is 0. The number of hydrogen-bond donors (Lipinski definition) is 0. The van der Waals surface area contributed by atoms with Crippen LogP contribution in [-0.2, 0) is 9.59 Å². The van der Waals surface area contributed by atoms with Crippen LogP contribution >= 0.6 is 0 Å². The molecule has 2 aliphatic rings. The maximum atomic E-state index is 12.2. The Bertz CT molecular complexity index is 276. The largest absolute Gasteiger partial charge is 0.299 e. The van der Waals surface area contributed by atoms with Crippen molar-refractivity contribution in [1.29, 1.82) is 0 Å². The van der Waals surface area contributed by atoms with Crippen LogP contribution < -0.4 is 0 Å². The number of Topliss-reactive ketones (excluding diaryl/α,β-unsaturated/α-hetero) is 2. The van der Waals surface area contributed by atoms with Crippen molar-refractivity contribution in [3.05, 3.63) is 0 Å². The molecule has 0 aromatic heterocycles. The summed E-state index contributed by atoms with van der Waals surface area (Å²) in [5.41, 5.74) is -0.542. The highest BCUT2D eigenvalue weighted by Gasteiger charge is 2.47. The van der Waals surface area contributed by atoms with Crippen molar-refractivity contribution in [1.82, 2.24) is 0 Å². The van der Waals surface area contributed by atoms with Gasteiger partial charge in [-0.1, -0.05) is 57.8 Å². The first-order valence-corrected chi connectivity index (χ1v) is 7.82. The van der Waals surface area contributed by atoms with Gasteiger partial charge in [-0.25, -0.2) is 0 Å². The molecular weight excluding hydrogens is 224 g/mol. The third-order valence-electron chi connectivity index (χ3n) is 4.85. The minimum absolute atomic E-state index is 0.254. The first-order valence-electron chi connectivity index (χ1n) is 7.82. The van der Waals surface area contributed by atoms with Crippen LogP contribution in [0.15, 0.2) is 0 Å². The number of carbonyl (C=O) groups is 2. The smallest absolute Gasteiger partial charge is 0.146 e. The summed E-state index contributed by atoms with van der Waals surface area (Å²) in [5.74, 6) is 0.508. The average Bonchev–Trinajstić information content (AvgIpc) is 2.62. The van der Waals surface area contributed by atoms with E-state index in [9.17, 15) is 9.59 Å². The predicted molar refractivity (Wildman–Crippen MR) is 72.5 cm³/mol. The highest BCUT2D eigenvalue weighted by atomic mass is 16.2. The maximum Gasteiger partial charge on any atom is 0.146 e. The predicted octanol–water partition coefficient (Wildman–Crippen LogP) is 4.21. The lowest BCUT2D eigenvalue weighted by atomic mass is 9.75. The van der Waals surface area contributed by atoms with Crippen molar-refractivity contribution in [3.8, 4) is 0 Å². The molecule has 1 spiro atoms. The molecule has 0 atom stereocenters. The van der Waals surface area contributed by atoms with Gasteiger partial charge in [0.25, 0.3) is 0 Å². The van der Waals surface area contributed by atoms with Gasteiger partial charge in [-0.2, -0.15) is 0 Å². The van der Waals surface area contributed by atoms with Gasteiger partial charge in [0.05, 0.1) is 5.41 Å². The van der Waals surface area contributed by atoms with Crippen molar-refractivity contribution in [2.24, 2.45) is 5.41 Å². The SMILES string of the molecule is O=C1CCC(=O)C12CCCCCCCCCCC2. The standard InChI is InChI=1S/C16H26O2/c17-14-10-11-15(18)16(14)12-8-6-4-2-1-3-5-7-9-13-16/h1-13H2. The quantitative estimate of drug-likeness (QED) is 0.603. The summed E-state index contributed by atoms with van der Waals surface area (Å²) in [5, 5.41) is 0. The third-order valence-corrected chi connectivity index (χ3v) is 4.85. The van der Waals surface area contributed by atoms with E-state index in [-0.39, 0.29) is 11.6 Å². The molecule has 2 rings (SSSR count). The van der Waals surface area contributed by atoms with Gasteiger partial charge in [0, 0.05) is 12.8 Å². The number of ketones is 2. The Hall–Kier alpha value is -0.660. The summed E-state index contributed by atoms with van der Waals surface area (Å²) in [6, 6.07) is 0. The van der Waals surface area contributed by atoms with Crippen molar-refractivity contribution in [3.63, 3.8) is 0 Å². The third kappa shape index (κ3) is 3.02. The normalized spacial score (nSPS) is 26.9. The summed E-state index contributed by atoms with van der Waals surface area (Å²) in [6.45, 7) is 0. The molecule has 2 saturated carbocycles. The van der Waals surface area contributed by atoms with E-state index in [1.54, 1.807) is 0 Å². The molecule has 0 heterocycles. The lowest BCUT2D eigenvalue weighted by molar-refractivity contribution is -0.136. The van der Waals surface area contributed by atoms with Crippen LogP contribution in [0.3, 0.4) is 0 Å². The highest BCUT2D eigenvalue weighted by molar-refractivity contribution is 6.12. The molecule has 0 N–H and O–H groups in total. The van der Waals surface area contributed by atoms with Gasteiger partial charge in [0.15, 0.2) is 0 Å². The van der Waals surface area contributed by atoms with E-state index in [0.29, 0.717) is 12.8 Å². The monoisotopic (exact) mass is 250 g/mol. The number of carbonyl (C=O) groups excluding carboxylic acids is 2. The topological polar surface area (TPSA) is 34.1 Å². The Labute approximate surface area is 111 Å². The van der Waals surface area contributed by atoms with E-state index in [0.717, 1.165) is 25.7 Å². The number of rotatable bonds is 0. The molecule has 0 unspecified atom stereocenters. The molecule has 102 valence electrons. The maximum absolute atomic E-state index is 12.2. The second kappa shape index (κ2) is 6.49. The minimum atomic E-state index is -0.542. The van der Waals surface area contributed by atoms with Crippen LogP contribution in [0.2, 0.25) is 0 Å². The fourth-order valence-electron chi connectivity index (χ4n) is 3.63. The van der Waals surface area contributed by atoms with Gasteiger partial charge in [0.1, 0.15) is 11.6 Å². The zero-order valence-corrected chi connectivity index (χ0v) is 11.5. The Morgan fingerprint density at radius 1 is 0.556 bits per heavy atom. The van der Waals surface area contributed by atoms with Crippen LogP contribution in [0.25, 0.3) is 0 Å². The Kier molecular flexibility index (Phi) is 4.96. The fraction of sp³-hybridized carbons (Fsp3) is 0.875. The second-order valence-corrected chi connectivity index (χ2v) is 6.11. The lowest BCUT2D eigenvalue weighted by Crippen LogP contribution is -2.33. The van der Waals surface area contributed by atoms with E-state index in [1.807, 2.05) is 0 Å². The Balaban J connectivity index is 2.00. The average molecular weight is 250 g/mol. The zero-order chi connectivity index (χ0) is 12.8. The Morgan fingerprint density at radius 2 is 0.889 bits per heavy atom. The molecular formula is C16H26O2. The molecule has 0 aliphatic heterocycles. The molecule has 0 bridgehead atoms. The second-order valence-electron chi connectivity index (χ2n) is 6.11. The Morgan fingerprint density at radius 3 is 1.28 bits per heavy atom. The summed E-state index contributed by atoms with van der Waals surface area (Å²) < 4.78 is 0. The van der Waals surface area contributed by atoms with E-state index >= 15 is 0 Å². The molecule has 0 radical (unpaired) electrons. The lowest BCUT2D eigenvalue weighted by Gasteiger charge is -2.26. The number of hydrogen-bond acceptors (Lipinski definition) is 2. The molecule has 18 heavy (non-hydrogen) atoms. The highest BCUT2D eigenvalue weighted by Crippen LogP contribution is 2.41. The summed E-state index contributed by atoms with van der Waals surface area (Å²) in [4.78, 5) is 24.3. The van der Waals surface area contributed by atoms with Gasteiger partial charge in [0.2, 0.25) is 0 Å². The molecule has 2 fully saturated rings. The van der Waals surface area contributed by atoms with Crippen LogP contribution in [0.4, 0.5) is 0 Å². The van der Waals surface area contributed by atoms with E-state index in [2.05, 4.69) is 0 Å². The van der Waals surface area contributed by atoms with Gasteiger partial charge in [-0.3, -0.25) is 9.59 Å². The van der Waals surface area contributed by atoms with Gasteiger partial charge >= 0.3 is 0 Å². The molecule has 0 saturated heterocycles. The minimum Gasteiger partial charge on any atom is -0.299 e. The van der Waals surface area contributed by atoms with Crippen LogP contribution in [0.1, 0.15) is 83.5 Å². The van der Waals surface area contributed by atoms with Crippen molar-refractivity contribution >= 4 is 11.6 Å². The first-order chi connectivity index (χ1) is 8.76. The molecule has 2 aliphatic carbocycles. The van der Waals surface area contributed by atoms with Crippen molar-refractivity contribution in [2.45, 2.75) is 83.5 Å². The van der Waals surface area contributed by atoms with Gasteiger partial charge in [-0.05, 0) is 12.8 Å². The first kappa shape index (κ1) is 13.8. The fourth-order valence-corrected chi connectivity index (χ4v) is 3.63. The van der Waals surface area contributed by atoms with Gasteiger partial charge < -0.3 is 0 Å².